The fourth-order valence-corrected chi connectivity index (χ4v) is 3.66. The van der Waals surface area contributed by atoms with Crippen molar-refractivity contribution in [3.8, 4) is 0 Å². The number of nitrogens with zero attached hydrogens (tertiary/aromatic N) is 2. The van der Waals surface area contributed by atoms with Gasteiger partial charge in [0.2, 0.25) is 11.8 Å². The summed E-state index contributed by atoms with van der Waals surface area (Å²) in [5.41, 5.74) is 1.98. The van der Waals surface area contributed by atoms with Crippen LogP contribution in [0.25, 0.3) is 0 Å². The summed E-state index contributed by atoms with van der Waals surface area (Å²) in [6, 6.07) is 10.8. The lowest BCUT2D eigenvalue weighted by atomic mass is 10.2. The smallest absolute Gasteiger partial charge is 0.238 e. The quantitative estimate of drug-likeness (QED) is 0.824. The largest absolute Gasteiger partial charge is 0.325 e. The number of hydrogen-bond acceptors (Lipinski definition) is 4. The number of anilines is 1. The fraction of sp³-hybridized carbons (Fsp3) is 0.211. The van der Waals surface area contributed by atoms with E-state index in [1.807, 2.05) is 13.0 Å². The maximum Gasteiger partial charge on any atom is 0.238 e. The molecule has 0 spiro atoms. The summed E-state index contributed by atoms with van der Waals surface area (Å²) in [7, 11) is 1.60. The number of carbonyl (C=O) groups is 2. The lowest BCUT2D eigenvalue weighted by Gasteiger charge is -2.28. The van der Waals surface area contributed by atoms with Crippen LogP contribution in [-0.4, -0.2) is 34.2 Å². The predicted octanol–water partition coefficient (Wildman–Crippen LogP) is 4.38. The van der Waals surface area contributed by atoms with Gasteiger partial charge in [-0.3, -0.25) is 14.5 Å². The lowest BCUT2D eigenvalue weighted by Crippen LogP contribution is -2.43. The van der Waals surface area contributed by atoms with Crippen LogP contribution in [-0.2, 0) is 9.59 Å². The normalized spacial score (nSPS) is 18.7. The molecule has 1 aliphatic heterocycles. The summed E-state index contributed by atoms with van der Waals surface area (Å²) >= 11 is 7.28. The fourth-order valence-electron chi connectivity index (χ4n) is 2.42. The number of hydrogen-bond donors (Lipinski definition) is 1. The Labute approximate surface area is 165 Å². The summed E-state index contributed by atoms with van der Waals surface area (Å²) in [5.74, 6) is -0.876. The molecule has 27 heavy (non-hydrogen) atoms. The van der Waals surface area contributed by atoms with Gasteiger partial charge >= 0.3 is 0 Å². The molecule has 8 heteroatoms. The maximum atomic E-state index is 13.1. The Bertz CT molecular complexity index is 918. The van der Waals surface area contributed by atoms with Crippen LogP contribution in [0.4, 0.5) is 15.8 Å². The zero-order valence-corrected chi connectivity index (χ0v) is 16.3. The van der Waals surface area contributed by atoms with Crippen molar-refractivity contribution in [3.63, 3.8) is 0 Å². The molecule has 0 aromatic heterocycles. The molecule has 2 amide bonds. The Morgan fingerprint density at radius 2 is 2.00 bits per heavy atom. The Hall–Kier alpha value is -2.38. The molecule has 5 nitrogen and oxygen atoms in total. The predicted molar refractivity (Wildman–Crippen MR) is 107 cm³/mol. The van der Waals surface area contributed by atoms with Gasteiger partial charge < -0.3 is 5.32 Å². The third kappa shape index (κ3) is 4.67. The molecule has 140 valence electrons. The van der Waals surface area contributed by atoms with Crippen LogP contribution in [0, 0.1) is 12.7 Å². The van der Waals surface area contributed by atoms with Crippen LogP contribution >= 0.6 is 23.4 Å². The van der Waals surface area contributed by atoms with E-state index in [1.165, 1.54) is 40.9 Å². The van der Waals surface area contributed by atoms with Gasteiger partial charge in [-0.2, -0.15) is 0 Å². The molecule has 1 atom stereocenters. The minimum atomic E-state index is -0.618. The topological polar surface area (TPSA) is 61.8 Å². The number of benzene rings is 2. The zero-order chi connectivity index (χ0) is 19.6. The summed E-state index contributed by atoms with van der Waals surface area (Å²) < 4.78 is 13.1. The number of rotatable bonds is 3. The first kappa shape index (κ1) is 19.4. The highest BCUT2D eigenvalue weighted by Crippen LogP contribution is 2.29. The molecule has 0 bridgehead atoms. The van der Waals surface area contributed by atoms with Crippen LogP contribution in [0.2, 0.25) is 5.02 Å². The monoisotopic (exact) mass is 405 g/mol. The number of amides is 2. The van der Waals surface area contributed by atoms with Crippen molar-refractivity contribution >= 4 is 51.7 Å². The van der Waals surface area contributed by atoms with Crippen molar-refractivity contribution in [1.29, 1.82) is 0 Å². The number of aryl methyl sites for hydroxylation is 1. The van der Waals surface area contributed by atoms with Gasteiger partial charge in [-0.25, -0.2) is 9.38 Å². The van der Waals surface area contributed by atoms with E-state index in [-0.39, 0.29) is 24.1 Å². The number of carbonyl (C=O) groups excluding carboxylic acids is 2. The highest BCUT2D eigenvalue weighted by atomic mass is 35.5. The van der Waals surface area contributed by atoms with E-state index in [0.29, 0.717) is 21.6 Å². The van der Waals surface area contributed by atoms with E-state index in [2.05, 4.69) is 10.3 Å². The molecule has 2 aromatic rings. The molecule has 1 fully saturated rings. The van der Waals surface area contributed by atoms with Crippen LogP contribution in [0.5, 0.6) is 0 Å². The first-order valence-corrected chi connectivity index (χ1v) is 9.44. The van der Waals surface area contributed by atoms with Gasteiger partial charge in [0, 0.05) is 24.2 Å². The highest BCUT2D eigenvalue weighted by molar-refractivity contribution is 8.15. The number of nitrogens with one attached hydrogen (secondary N) is 1. The van der Waals surface area contributed by atoms with Gasteiger partial charge in [0.15, 0.2) is 5.17 Å². The molecule has 1 N–H and O–H groups in total. The first-order chi connectivity index (χ1) is 12.8. The van der Waals surface area contributed by atoms with Crippen molar-refractivity contribution in [2.24, 2.45) is 4.99 Å². The average Bonchev–Trinajstić information content (AvgIpc) is 2.63. The van der Waals surface area contributed by atoms with Gasteiger partial charge in [-0.15, -0.1) is 0 Å². The van der Waals surface area contributed by atoms with E-state index in [1.54, 1.807) is 19.2 Å². The summed E-state index contributed by atoms with van der Waals surface area (Å²) in [5, 5.41) is 3.11. The van der Waals surface area contributed by atoms with Crippen molar-refractivity contribution in [2.45, 2.75) is 18.6 Å². The van der Waals surface area contributed by atoms with Gasteiger partial charge in [0.05, 0.1) is 5.69 Å². The van der Waals surface area contributed by atoms with E-state index < -0.39 is 5.25 Å². The molecule has 0 radical (unpaired) electrons. The number of thioether (sulfide) groups is 1. The standard InChI is InChI=1S/C19H17ClFN3O2S/c1-11-3-6-14(9-15(11)20)22-18(26)16-10-17(25)24(2)19(27-16)23-13-7-4-12(21)5-8-13/h3-9,16H,10H2,1-2H3,(H,22,26)/t16-/m0/s1. The van der Waals surface area contributed by atoms with Gasteiger partial charge in [-0.1, -0.05) is 29.4 Å². The Balaban J connectivity index is 1.77. The van der Waals surface area contributed by atoms with Gasteiger partial charge in [0.25, 0.3) is 0 Å². The summed E-state index contributed by atoms with van der Waals surface area (Å²) in [6.45, 7) is 1.87. The van der Waals surface area contributed by atoms with Crippen LogP contribution in [0.1, 0.15) is 12.0 Å². The molecular formula is C19H17ClFN3O2S. The van der Waals surface area contributed by atoms with Crippen molar-refractivity contribution in [2.75, 3.05) is 12.4 Å². The molecule has 2 aromatic carbocycles. The highest BCUT2D eigenvalue weighted by Gasteiger charge is 2.34. The minimum Gasteiger partial charge on any atom is -0.325 e. The Morgan fingerprint density at radius 1 is 1.30 bits per heavy atom. The van der Waals surface area contributed by atoms with E-state index in [4.69, 9.17) is 11.6 Å². The van der Waals surface area contributed by atoms with Gasteiger partial charge in [0.1, 0.15) is 11.1 Å². The summed E-state index contributed by atoms with van der Waals surface area (Å²) in [6.07, 6.45) is 0.0645. The Morgan fingerprint density at radius 3 is 2.67 bits per heavy atom. The minimum absolute atomic E-state index is 0.0645. The van der Waals surface area contributed by atoms with Gasteiger partial charge in [-0.05, 0) is 48.9 Å². The van der Waals surface area contributed by atoms with E-state index >= 15 is 0 Å². The molecule has 3 rings (SSSR count). The lowest BCUT2D eigenvalue weighted by molar-refractivity contribution is -0.128. The molecule has 1 saturated heterocycles. The van der Waals surface area contributed by atoms with Crippen molar-refractivity contribution in [3.05, 3.63) is 58.9 Å². The third-order valence-corrected chi connectivity index (χ3v) is 5.70. The second-order valence-corrected chi connectivity index (χ2v) is 7.66. The Kier molecular flexibility index (Phi) is 5.82. The third-order valence-electron chi connectivity index (χ3n) is 4.05. The number of aliphatic imine (C=N–C) groups is 1. The number of amidine groups is 1. The van der Waals surface area contributed by atoms with E-state index in [9.17, 15) is 14.0 Å². The molecule has 0 saturated carbocycles. The SMILES string of the molecule is Cc1ccc(NC(=O)[C@@H]2CC(=O)N(C)C(=Nc3ccc(F)cc3)S2)cc1Cl. The van der Waals surface area contributed by atoms with Crippen LogP contribution in [0.15, 0.2) is 47.5 Å². The zero-order valence-electron chi connectivity index (χ0n) is 14.7. The average molecular weight is 406 g/mol. The molecule has 1 heterocycles. The molecular weight excluding hydrogens is 389 g/mol. The van der Waals surface area contributed by atoms with Crippen LogP contribution < -0.4 is 5.32 Å². The van der Waals surface area contributed by atoms with Crippen molar-refractivity contribution in [1.82, 2.24) is 4.90 Å². The molecule has 1 aliphatic rings. The van der Waals surface area contributed by atoms with Crippen LogP contribution in [0.3, 0.4) is 0 Å². The molecule has 0 unspecified atom stereocenters. The maximum absolute atomic E-state index is 13.1. The van der Waals surface area contributed by atoms with Crippen molar-refractivity contribution < 1.29 is 14.0 Å². The second kappa shape index (κ2) is 8.10. The molecule has 0 aliphatic carbocycles. The summed E-state index contributed by atoms with van der Waals surface area (Å²) in [4.78, 5) is 30.7. The van der Waals surface area contributed by atoms with E-state index in [0.717, 1.165) is 5.56 Å². The second-order valence-electron chi connectivity index (χ2n) is 6.09. The number of halogens is 2. The first-order valence-electron chi connectivity index (χ1n) is 8.18.